The number of fused-ring (bicyclic) bond motifs is 1. The Morgan fingerprint density at radius 1 is 1.29 bits per heavy atom. The molecule has 7 heteroatoms. The maximum Gasteiger partial charge on any atom is 0.240 e. The van der Waals surface area contributed by atoms with Crippen LogP contribution >= 0.6 is 0 Å². The molecule has 134 valence electrons. The van der Waals surface area contributed by atoms with Gasteiger partial charge in [-0.05, 0) is 50.8 Å². The van der Waals surface area contributed by atoms with Crippen molar-refractivity contribution < 1.29 is 13.2 Å². The Labute approximate surface area is 144 Å². The Kier molecular flexibility index (Phi) is 5.37. The number of nitrogens with zero attached hydrogens (tertiary/aromatic N) is 2. The summed E-state index contributed by atoms with van der Waals surface area (Å²) in [6.45, 7) is 5.17. The molecule has 0 bridgehead atoms. The van der Waals surface area contributed by atoms with Gasteiger partial charge in [-0.2, -0.15) is 0 Å². The second-order valence-electron chi connectivity index (χ2n) is 7.25. The smallest absolute Gasteiger partial charge is 0.240 e. The molecule has 1 aromatic rings. The lowest BCUT2D eigenvalue weighted by atomic mass is 9.77. The predicted molar refractivity (Wildman–Crippen MR) is 95.9 cm³/mol. The Morgan fingerprint density at radius 3 is 2.58 bits per heavy atom. The maximum absolute atomic E-state index is 12.5. The number of hydrogen-bond acceptors (Lipinski definition) is 4. The number of carbonyl (C=O) groups excluding carboxylic acids is 1. The minimum absolute atomic E-state index is 0.0462. The Bertz CT molecular complexity index is 727. The molecular weight excluding hydrogens is 326 g/mol. The third-order valence-electron chi connectivity index (χ3n) is 4.41. The summed E-state index contributed by atoms with van der Waals surface area (Å²) in [4.78, 5) is 15.9. The van der Waals surface area contributed by atoms with E-state index < -0.39 is 10.0 Å². The van der Waals surface area contributed by atoms with Gasteiger partial charge in [-0.3, -0.25) is 4.79 Å². The van der Waals surface area contributed by atoms with Crippen molar-refractivity contribution >= 4 is 21.6 Å². The SMILES string of the molecule is CN(C)CCCNS(=O)(=O)c1ccc2c(c1)C(C)(C)CC(=O)N2C. The van der Waals surface area contributed by atoms with E-state index in [2.05, 4.69) is 4.72 Å². The van der Waals surface area contributed by atoms with E-state index in [9.17, 15) is 13.2 Å². The van der Waals surface area contributed by atoms with Crippen LogP contribution in [0.15, 0.2) is 23.1 Å². The molecule has 1 aromatic carbocycles. The molecule has 1 aliphatic rings. The van der Waals surface area contributed by atoms with Crippen molar-refractivity contribution in [3.8, 4) is 0 Å². The summed E-state index contributed by atoms with van der Waals surface area (Å²) in [5.74, 6) is 0.0462. The number of anilines is 1. The van der Waals surface area contributed by atoms with Crippen LogP contribution in [-0.2, 0) is 20.2 Å². The van der Waals surface area contributed by atoms with Gasteiger partial charge < -0.3 is 9.80 Å². The van der Waals surface area contributed by atoms with Gasteiger partial charge in [-0.1, -0.05) is 13.8 Å². The first kappa shape index (κ1) is 18.9. The quantitative estimate of drug-likeness (QED) is 0.788. The topological polar surface area (TPSA) is 69.7 Å². The summed E-state index contributed by atoms with van der Waals surface area (Å²) in [7, 11) is 2.09. The van der Waals surface area contributed by atoms with Gasteiger partial charge in [0, 0.05) is 31.1 Å². The van der Waals surface area contributed by atoms with Crippen LogP contribution in [-0.4, -0.2) is 53.5 Å². The molecule has 2 rings (SSSR count). The summed E-state index contributed by atoms with van der Waals surface area (Å²) >= 11 is 0. The van der Waals surface area contributed by atoms with E-state index in [0.29, 0.717) is 13.0 Å². The van der Waals surface area contributed by atoms with Crippen LogP contribution in [0.1, 0.15) is 32.3 Å². The molecule has 0 spiro atoms. The van der Waals surface area contributed by atoms with E-state index in [-0.39, 0.29) is 16.2 Å². The molecule has 0 aromatic heterocycles. The first-order valence-electron chi connectivity index (χ1n) is 8.10. The van der Waals surface area contributed by atoms with Crippen LogP contribution in [0.2, 0.25) is 0 Å². The van der Waals surface area contributed by atoms with Gasteiger partial charge in [0.05, 0.1) is 4.90 Å². The number of amides is 1. The minimum Gasteiger partial charge on any atom is -0.315 e. The van der Waals surface area contributed by atoms with Gasteiger partial charge in [0.15, 0.2) is 0 Å². The maximum atomic E-state index is 12.5. The molecule has 0 radical (unpaired) electrons. The number of benzene rings is 1. The highest BCUT2D eigenvalue weighted by Gasteiger charge is 2.35. The summed E-state index contributed by atoms with van der Waals surface area (Å²) in [5, 5.41) is 0. The van der Waals surface area contributed by atoms with Crippen LogP contribution in [0.25, 0.3) is 0 Å². The third-order valence-corrected chi connectivity index (χ3v) is 5.87. The van der Waals surface area contributed by atoms with Crippen molar-refractivity contribution in [3.05, 3.63) is 23.8 Å². The summed E-state index contributed by atoms with van der Waals surface area (Å²) in [5.41, 5.74) is 1.29. The lowest BCUT2D eigenvalue weighted by Gasteiger charge is -2.37. The number of rotatable bonds is 6. The highest BCUT2D eigenvalue weighted by atomic mass is 32.2. The fourth-order valence-corrected chi connectivity index (χ4v) is 4.03. The van der Waals surface area contributed by atoms with Gasteiger partial charge >= 0.3 is 0 Å². The van der Waals surface area contributed by atoms with Gasteiger partial charge in [0.25, 0.3) is 0 Å². The summed E-state index contributed by atoms with van der Waals surface area (Å²) in [6.07, 6.45) is 1.12. The highest BCUT2D eigenvalue weighted by Crippen LogP contribution is 2.40. The number of sulfonamides is 1. The van der Waals surface area contributed by atoms with E-state index in [1.807, 2.05) is 32.8 Å². The second-order valence-corrected chi connectivity index (χ2v) is 9.01. The van der Waals surface area contributed by atoms with Crippen molar-refractivity contribution in [2.24, 2.45) is 0 Å². The number of nitrogens with one attached hydrogen (secondary N) is 1. The van der Waals surface area contributed by atoms with Crippen LogP contribution < -0.4 is 9.62 Å². The molecule has 0 saturated carbocycles. The first-order valence-corrected chi connectivity index (χ1v) is 9.58. The second kappa shape index (κ2) is 6.82. The Morgan fingerprint density at radius 2 is 1.96 bits per heavy atom. The zero-order valence-corrected chi connectivity index (χ0v) is 15.9. The molecule has 6 nitrogen and oxygen atoms in total. The van der Waals surface area contributed by atoms with Crippen LogP contribution in [0.5, 0.6) is 0 Å². The molecule has 0 fully saturated rings. The van der Waals surface area contributed by atoms with E-state index in [0.717, 1.165) is 24.2 Å². The average Bonchev–Trinajstić information content (AvgIpc) is 2.48. The molecule has 1 heterocycles. The van der Waals surface area contributed by atoms with Gasteiger partial charge in [-0.25, -0.2) is 13.1 Å². The van der Waals surface area contributed by atoms with Gasteiger partial charge in [0.1, 0.15) is 0 Å². The van der Waals surface area contributed by atoms with E-state index in [1.54, 1.807) is 30.1 Å². The van der Waals surface area contributed by atoms with E-state index in [4.69, 9.17) is 0 Å². The molecule has 0 saturated heterocycles. The number of carbonyl (C=O) groups is 1. The van der Waals surface area contributed by atoms with Crippen molar-refractivity contribution in [1.82, 2.24) is 9.62 Å². The predicted octanol–water partition coefficient (Wildman–Crippen LogP) is 1.56. The fourth-order valence-electron chi connectivity index (χ4n) is 2.93. The largest absolute Gasteiger partial charge is 0.315 e. The fraction of sp³-hybridized carbons (Fsp3) is 0.588. The van der Waals surface area contributed by atoms with Crippen molar-refractivity contribution in [2.45, 2.75) is 37.0 Å². The summed E-state index contributed by atoms with van der Waals surface area (Å²) < 4.78 is 27.7. The lowest BCUT2D eigenvalue weighted by molar-refractivity contribution is -0.119. The van der Waals surface area contributed by atoms with Crippen molar-refractivity contribution in [3.63, 3.8) is 0 Å². The van der Waals surface area contributed by atoms with Gasteiger partial charge in [0.2, 0.25) is 15.9 Å². The lowest BCUT2D eigenvalue weighted by Crippen LogP contribution is -2.39. The van der Waals surface area contributed by atoms with Crippen LogP contribution in [0.3, 0.4) is 0 Å². The van der Waals surface area contributed by atoms with E-state index >= 15 is 0 Å². The van der Waals surface area contributed by atoms with Crippen molar-refractivity contribution in [1.29, 1.82) is 0 Å². The third kappa shape index (κ3) is 3.96. The van der Waals surface area contributed by atoms with E-state index in [1.165, 1.54) is 0 Å². The average molecular weight is 353 g/mol. The molecule has 0 aliphatic carbocycles. The zero-order chi connectivity index (χ0) is 18.1. The molecule has 0 unspecified atom stereocenters. The van der Waals surface area contributed by atoms with Crippen LogP contribution in [0.4, 0.5) is 5.69 Å². The van der Waals surface area contributed by atoms with Crippen LogP contribution in [0, 0.1) is 0 Å². The molecule has 1 N–H and O–H groups in total. The Hall–Kier alpha value is -1.44. The molecular formula is C17H27N3O3S. The normalized spacial score (nSPS) is 17.2. The minimum atomic E-state index is -3.54. The molecule has 1 aliphatic heterocycles. The standard InChI is InChI=1S/C17H27N3O3S/c1-17(2)12-16(21)20(5)15-8-7-13(11-14(15)17)24(22,23)18-9-6-10-19(3)4/h7-8,11,18H,6,9-10,12H2,1-5H3. The zero-order valence-electron chi connectivity index (χ0n) is 15.1. The highest BCUT2D eigenvalue weighted by molar-refractivity contribution is 7.89. The molecule has 0 atom stereocenters. The first-order chi connectivity index (χ1) is 11.0. The number of hydrogen-bond donors (Lipinski definition) is 1. The monoisotopic (exact) mass is 353 g/mol. The molecule has 24 heavy (non-hydrogen) atoms. The molecule has 1 amide bonds. The van der Waals surface area contributed by atoms with Crippen molar-refractivity contribution in [2.75, 3.05) is 39.1 Å². The van der Waals surface area contributed by atoms with Gasteiger partial charge in [-0.15, -0.1) is 0 Å². The Balaban J connectivity index is 2.25. The summed E-state index contributed by atoms with van der Waals surface area (Å²) in [6, 6.07) is 4.99.